The monoisotopic (exact) mass is 369 g/mol. The third kappa shape index (κ3) is 3.97. The molecule has 0 radical (unpaired) electrons. The van der Waals surface area contributed by atoms with Crippen molar-refractivity contribution in [3.05, 3.63) is 48.0 Å². The third-order valence-electron chi connectivity index (χ3n) is 4.51. The zero-order valence-electron chi connectivity index (χ0n) is 15.6. The average molecular weight is 369 g/mol. The lowest BCUT2D eigenvalue weighted by atomic mass is 10.2. The zero-order valence-corrected chi connectivity index (χ0v) is 15.6. The van der Waals surface area contributed by atoms with Crippen LogP contribution in [0.2, 0.25) is 0 Å². The number of rotatable bonds is 5. The van der Waals surface area contributed by atoms with Gasteiger partial charge in [-0.3, -0.25) is 4.79 Å². The van der Waals surface area contributed by atoms with E-state index in [1.807, 2.05) is 24.3 Å². The summed E-state index contributed by atoms with van der Waals surface area (Å²) in [6, 6.07) is 11.8. The minimum absolute atomic E-state index is 0.137. The van der Waals surface area contributed by atoms with Crippen LogP contribution < -0.4 is 25.0 Å². The molecule has 0 saturated heterocycles. The maximum absolute atomic E-state index is 12.7. The smallest absolute Gasteiger partial charge is 0.319 e. The number of benzene rings is 2. The molecule has 2 aromatic carbocycles. The van der Waals surface area contributed by atoms with Gasteiger partial charge >= 0.3 is 6.03 Å². The molecule has 3 rings (SSSR count). The van der Waals surface area contributed by atoms with E-state index in [4.69, 9.17) is 9.47 Å². The molecule has 1 heterocycles. The van der Waals surface area contributed by atoms with Gasteiger partial charge in [0.25, 0.3) is 0 Å². The number of hydrogen-bond donors (Lipinski definition) is 2. The van der Waals surface area contributed by atoms with E-state index < -0.39 is 12.1 Å². The summed E-state index contributed by atoms with van der Waals surface area (Å²) in [6.45, 7) is 2.30. The van der Waals surface area contributed by atoms with E-state index >= 15 is 0 Å². The van der Waals surface area contributed by atoms with Crippen LogP contribution in [0.5, 0.6) is 11.5 Å². The Labute approximate surface area is 158 Å². The van der Waals surface area contributed by atoms with Crippen molar-refractivity contribution in [2.75, 3.05) is 31.0 Å². The number of urea groups is 1. The van der Waals surface area contributed by atoms with Crippen LogP contribution in [0.15, 0.2) is 42.5 Å². The number of para-hydroxylation sites is 1. The number of anilines is 2. The van der Waals surface area contributed by atoms with E-state index in [1.54, 1.807) is 37.1 Å². The number of methoxy groups -OCH3 is 2. The van der Waals surface area contributed by atoms with Gasteiger partial charge < -0.3 is 25.0 Å². The molecule has 27 heavy (non-hydrogen) atoms. The highest BCUT2D eigenvalue weighted by molar-refractivity contribution is 6.01. The topological polar surface area (TPSA) is 79.9 Å². The lowest BCUT2D eigenvalue weighted by Gasteiger charge is -2.22. The Hall–Kier alpha value is -3.22. The molecule has 7 heteroatoms. The molecule has 7 nitrogen and oxygen atoms in total. The molecule has 0 spiro atoms. The highest BCUT2D eigenvalue weighted by Crippen LogP contribution is 2.30. The Morgan fingerprint density at radius 3 is 2.56 bits per heavy atom. The number of nitrogens with one attached hydrogen (secondary N) is 2. The average Bonchev–Trinajstić information content (AvgIpc) is 3.11. The van der Waals surface area contributed by atoms with E-state index in [-0.39, 0.29) is 5.91 Å². The normalized spacial score (nSPS) is 13.5. The van der Waals surface area contributed by atoms with Gasteiger partial charge in [0.05, 0.1) is 14.2 Å². The van der Waals surface area contributed by atoms with Crippen molar-refractivity contribution in [1.82, 2.24) is 5.32 Å². The fraction of sp³-hybridized carbons (Fsp3) is 0.300. The number of fused-ring (bicyclic) bond motifs is 1. The molecule has 2 N–H and O–H groups in total. The Kier molecular flexibility index (Phi) is 5.49. The van der Waals surface area contributed by atoms with Crippen LogP contribution >= 0.6 is 0 Å². The molecule has 1 aliphatic heterocycles. The van der Waals surface area contributed by atoms with E-state index in [0.717, 1.165) is 17.7 Å². The predicted octanol–water partition coefficient (Wildman–Crippen LogP) is 2.80. The van der Waals surface area contributed by atoms with Crippen molar-refractivity contribution < 1.29 is 19.1 Å². The first kappa shape index (κ1) is 18.6. The lowest BCUT2D eigenvalue weighted by molar-refractivity contribution is -0.119. The summed E-state index contributed by atoms with van der Waals surface area (Å²) >= 11 is 0. The van der Waals surface area contributed by atoms with Crippen LogP contribution in [-0.4, -0.2) is 38.7 Å². The number of hydrogen-bond acceptors (Lipinski definition) is 4. The van der Waals surface area contributed by atoms with Crippen LogP contribution in [0.1, 0.15) is 12.5 Å². The summed E-state index contributed by atoms with van der Waals surface area (Å²) in [5.41, 5.74) is 2.60. The van der Waals surface area contributed by atoms with Gasteiger partial charge in [-0.05, 0) is 37.1 Å². The highest BCUT2D eigenvalue weighted by atomic mass is 16.5. The molecule has 0 bridgehead atoms. The molecule has 0 aromatic heterocycles. The maximum atomic E-state index is 12.7. The minimum atomic E-state index is -0.656. The van der Waals surface area contributed by atoms with Crippen molar-refractivity contribution >= 4 is 23.3 Å². The van der Waals surface area contributed by atoms with Crippen molar-refractivity contribution in [2.24, 2.45) is 0 Å². The fourth-order valence-electron chi connectivity index (χ4n) is 3.14. The molecule has 3 amide bonds. The molecule has 0 unspecified atom stereocenters. The number of ether oxygens (including phenoxy) is 2. The third-order valence-corrected chi connectivity index (χ3v) is 4.51. The van der Waals surface area contributed by atoms with E-state index in [0.29, 0.717) is 23.7 Å². The second-order valence-electron chi connectivity index (χ2n) is 6.26. The van der Waals surface area contributed by atoms with E-state index in [9.17, 15) is 9.59 Å². The number of carbonyl (C=O) groups excluding carboxylic acids is 2. The van der Waals surface area contributed by atoms with Gasteiger partial charge in [-0.1, -0.05) is 18.2 Å². The van der Waals surface area contributed by atoms with Crippen molar-refractivity contribution in [1.29, 1.82) is 0 Å². The van der Waals surface area contributed by atoms with E-state index in [2.05, 4.69) is 10.6 Å². The number of amides is 3. The van der Waals surface area contributed by atoms with Crippen LogP contribution in [0.4, 0.5) is 16.2 Å². The SMILES string of the molecule is COc1ccc(NC(=O)N[C@@H](C)C(=O)N2CCc3ccccc32)cc1OC. The van der Waals surface area contributed by atoms with Crippen LogP contribution in [-0.2, 0) is 11.2 Å². The Balaban J connectivity index is 1.62. The van der Waals surface area contributed by atoms with Gasteiger partial charge in [-0.2, -0.15) is 0 Å². The number of carbonyl (C=O) groups is 2. The first-order chi connectivity index (χ1) is 13.0. The molecule has 0 aliphatic carbocycles. The Morgan fingerprint density at radius 1 is 1.07 bits per heavy atom. The molecule has 0 fully saturated rings. The summed E-state index contributed by atoms with van der Waals surface area (Å²) < 4.78 is 10.4. The van der Waals surface area contributed by atoms with Crippen molar-refractivity contribution in [3.8, 4) is 11.5 Å². The van der Waals surface area contributed by atoms with Gasteiger partial charge in [-0.25, -0.2) is 4.79 Å². The summed E-state index contributed by atoms with van der Waals surface area (Å²) in [5.74, 6) is 0.940. The van der Waals surface area contributed by atoms with Crippen LogP contribution in [0.25, 0.3) is 0 Å². The molecular formula is C20H23N3O4. The standard InChI is InChI=1S/C20H23N3O4/c1-13(19(24)23-11-10-14-6-4-5-7-16(14)23)21-20(25)22-15-8-9-17(26-2)18(12-15)27-3/h4-9,12-13H,10-11H2,1-3H3,(H2,21,22,25)/t13-/m0/s1. The van der Waals surface area contributed by atoms with Crippen molar-refractivity contribution in [3.63, 3.8) is 0 Å². The van der Waals surface area contributed by atoms with E-state index in [1.165, 1.54) is 7.11 Å². The fourth-order valence-corrected chi connectivity index (χ4v) is 3.14. The van der Waals surface area contributed by atoms with Gasteiger partial charge in [0.2, 0.25) is 5.91 Å². The summed E-state index contributed by atoms with van der Waals surface area (Å²) in [5, 5.41) is 5.40. The largest absolute Gasteiger partial charge is 0.493 e. The lowest BCUT2D eigenvalue weighted by Crippen LogP contribution is -2.47. The predicted molar refractivity (Wildman–Crippen MR) is 104 cm³/mol. The second kappa shape index (κ2) is 7.99. The minimum Gasteiger partial charge on any atom is -0.493 e. The maximum Gasteiger partial charge on any atom is 0.319 e. The number of nitrogens with zero attached hydrogens (tertiary/aromatic N) is 1. The molecule has 1 aliphatic rings. The van der Waals surface area contributed by atoms with Crippen LogP contribution in [0, 0.1) is 0 Å². The zero-order chi connectivity index (χ0) is 19.4. The van der Waals surface area contributed by atoms with Gasteiger partial charge in [-0.15, -0.1) is 0 Å². The quantitative estimate of drug-likeness (QED) is 0.849. The molecule has 1 atom stereocenters. The van der Waals surface area contributed by atoms with Gasteiger partial charge in [0, 0.05) is 24.0 Å². The molecule has 142 valence electrons. The second-order valence-corrected chi connectivity index (χ2v) is 6.26. The molecule has 0 saturated carbocycles. The Bertz CT molecular complexity index is 853. The van der Waals surface area contributed by atoms with Crippen LogP contribution in [0.3, 0.4) is 0 Å². The molecule has 2 aromatic rings. The van der Waals surface area contributed by atoms with Gasteiger partial charge in [0.15, 0.2) is 11.5 Å². The first-order valence-electron chi connectivity index (χ1n) is 8.72. The Morgan fingerprint density at radius 2 is 1.81 bits per heavy atom. The van der Waals surface area contributed by atoms with Crippen molar-refractivity contribution in [2.45, 2.75) is 19.4 Å². The van der Waals surface area contributed by atoms with Gasteiger partial charge in [0.1, 0.15) is 6.04 Å². The summed E-state index contributed by atoms with van der Waals surface area (Å²) in [7, 11) is 3.07. The summed E-state index contributed by atoms with van der Waals surface area (Å²) in [6.07, 6.45) is 0.826. The summed E-state index contributed by atoms with van der Waals surface area (Å²) in [4.78, 5) is 26.7. The highest BCUT2D eigenvalue weighted by Gasteiger charge is 2.28. The first-order valence-corrected chi connectivity index (χ1v) is 8.72. The molecular weight excluding hydrogens is 346 g/mol.